The molecule has 0 unspecified atom stereocenters. The van der Waals surface area contributed by atoms with Gasteiger partial charge in [-0.15, -0.1) is 0 Å². The molecule has 0 saturated heterocycles. The SMILES string of the molecule is CN=C(NCC(C)(C)NC(=O)OC(C)(C)C)NC1CC1. The molecule has 0 aliphatic heterocycles. The Hall–Kier alpha value is -1.46. The van der Waals surface area contributed by atoms with Gasteiger partial charge in [0.1, 0.15) is 5.60 Å². The van der Waals surface area contributed by atoms with Gasteiger partial charge in [-0.05, 0) is 47.5 Å². The lowest BCUT2D eigenvalue weighted by Gasteiger charge is -2.29. The van der Waals surface area contributed by atoms with Gasteiger partial charge in [0.15, 0.2) is 5.96 Å². The van der Waals surface area contributed by atoms with Gasteiger partial charge in [-0.3, -0.25) is 4.99 Å². The summed E-state index contributed by atoms with van der Waals surface area (Å²) in [7, 11) is 1.74. The fraction of sp³-hybridized carbons (Fsp3) is 0.857. The second-order valence-corrected chi connectivity index (χ2v) is 6.86. The molecular weight excluding hydrogens is 256 g/mol. The van der Waals surface area contributed by atoms with Gasteiger partial charge in [-0.1, -0.05) is 0 Å². The third-order valence-corrected chi connectivity index (χ3v) is 2.68. The molecule has 0 atom stereocenters. The summed E-state index contributed by atoms with van der Waals surface area (Å²) in [5.41, 5.74) is -0.916. The van der Waals surface area contributed by atoms with Crippen molar-refractivity contribution in [1.82, 2.24) is 16.0 Å². The summed E-state index contributed by atoms with van der Waals surface area (Å²) in [6, 6.07) is 0.545. The highest BCUT2D eigenvalue weighted by atomic mass is 16.6. The fourth-order valence-electron chi connectivity index (χ4n) is 1.54. The minimum atomic E-state index is -0.489. The predicted octanol–water partition coefficient (Wildman–Crippen LogP) is 1.62. The summed E-state index contributed by atoms with van der Waals surface area (Å²) in [6.45, 7) is 9.99. The van der Waals surface area contributed by atoms with E-state index in [4.69, 9.17) is 4.74 Å². The molecule has 116 valence electrons. The Labute approximate surface area is 121 Å². The Morgan fingerprint density at radius 2 is 1.85 bits per heavy atom. The average molecular weight is 284 g/mol. The number of amides is 1. The Morgan fingerprint density at radius 1 is 1.25 bits per heavy atom. The van der Waals surface area contributed by atoms with Crippen molar-refractivity contribution in [2.45, 2.75) is 64.6 Å². The zero-order valence-electron chi connectivity index (χ0n) is 13.5. The number of carbonyl (C=O) groups is 1. The molecule has 1 aliphatic rings. The minimum absolute atomic E-state index is 0.408. The third kappa shape index (κ3) is 7.21. The highest BCUT2D eigenvalue weighted by molar-refractivity contribution is 5.80. The van der Waals surface area contributed by atoms with Gasteiger partial charge in [-0.2, -0.15) is 0 Å². The van der Waals surface area contributed by atoms with Gasteiger partial charge in [0.05, 0.1) is 5.54 Å². The molecule has 1 rings (SSSR count). The quantitative estimate of drug-likeness (QED) is 0.542. The molecule has 3 N–H and O–H groups in total. The van der Waals surface area contributed by atoms with E-state index in [9.17, 15) is 4.79 Å². The van der Waals surface area contributed by atoms with Crippen molar-refractivity contribution in [2.75, 3.05) is 13.6 Å². The van der Waals surface area contributed by atoms with Crippen LogP contribution in [0.2, 0.25) is 0 Å². The first-order valence-electron chi connectivity index (χ1n) is 7.10. The van der Waals surface area contributed by atoms with Crippen LogP contribution in [-0.4, -0.2) is 42.8 Å². The number of carbonyl (C=O) groups excluding carboxylic acids is 1. The standard InChI is InChI=1S/C14H28N4O2/c1-13(2,3)20-12(19)18-14(4,5)9-16-11(15-6)17-10-7-8-10/h10H,7-9H2,1-6H3,(H,18,19)(H2,15,16,17). The van der Waals surface area contributed by atoms with Gasteiger partial charge in [-0.25, -0.2) is 4.79 Å². The predicted molar refractivity (Wildman–Crippen MR) is 81.0 cm³/mol. The maximum Gasteiger partial charge on any atom is 0.408 e. The molecule has 0 heterocycles. The van der Waals surface area contributed by atoms with E-state index in [0.29, 0.717) is 12.6 Å². The second-order valence-electron chi connectivity index (χ2n) is 6.86. The molecule has 6 nitrogen and oxygen atoms in total. The summed E-state index contributed by atoms with van der Waals surface area (Å²) in [6.07, 6.45) is 1.98. The summed E-state index contributed by atoms with van der Waals surface area (Å²) >= 11 is 0. The minimum Gasteiger partial charge on any atom is -0.444 e. The zero-order chi connectivity index (χ0) is 15.4. The van der Waals surface area contributed by atoms with Crippen LogP contribution in [-0.2, 0) is 4.74 Å². The molecule has 6 heteroatoms. The van der Waals surface area contributed by atoms with Crippen molar-refractivity contribution in [2.24, 2.45) is 4.99 Å². The highest BCUT2D eigenvalue weighted by Crippen LogP contribution is 2.18. The highest BCUT2D eigenvalue weighted by Gasteiger charge is 2.26. The maximum atomic E-state index is 11.8. The number of hydrogen-bond donors (Lipinski definition) is 3. The van der Waals surface area contributed by atoms with Crippen LogP contribution in [0.15, 0.2) is 4.99 Å². The molecule has 0 radical (unpaired) electrons. The van der Waals surface area contributed by atoms with Crippen molar-refractivity contribution in [3.8, 4) is 0 Å². The number of aliphatic imine (C=N–C) groups is 1. The monoisotopic (exact) mass is 284 g/mol. The molecule has 0 aromatic carbocycles. The van der Waals surface area contributed by atoms with Crippen LogP contribution in [0, 0.1) is 0 Å². The van der Waals surface area contributed by atoms with E-state index in [0.717, 1.165) is 5.96 Å². The van der Waals surface area contributed by atoms with E-state index in [2.05, 4.69) is 20.9 Å². The number of guanidine groups is 1. The number of rotatable bonds is 4. The van der Waals surface area contributed by atoms with Crippen molar-refractivity contribution in [3.05, 3.63) is 0 Å². The number of nitrogens with one attached hydrogen (secondary N) is 3. The fourth-order valence-corrected chi connectivity index (χ4v) is 1.54. The van der Waals surface area contributed by atoms with Crippen LogP contribution in [0.25, 0.3) is 0 Å². The lowest BCUT2D eigenvalue weighted by Crippen LogP contribution is -2.54. The molecular formula is C14H28N4O2. The summed E-state index contributed by atoms with van der Waals surface area (Å²) in [5.74, 6) is 0.770. The lowest BCUT2D eigenvalue weighted by molar-refractivity contribution is 0.0474. The van der Waals surface area contributed by atoms with Gasteiger partial charge < -0.3 is 20.7 Å². The van der Waals surface area contributed by atoms with E-state index in [1.165, 1.54) is 12.8 Å². The van der Waals surface area contributed by atoms with Crippen LogP contribution < -0.4 is 16.0 Å². The molecule has 0 aromatic heterocycles. The third-order valence-electron chi connectivity index (χ3n) is 2.68. The molecule has 20 heavy (non-hydrogen) atoms. The molecule has 0 bridgehead atoms. The Balaban J connectivity index is 2.37. The normalized spacial score (nSPS) is 16.6. The lowest BCUT2D eigenvalue weighted by atomic mass is 10.1. The van der Waals surface area contributed by atoms with Gasteiger partial charge in [0.25, 0.3) is 0 Å². The first-order valence-corrected chi connectivity index (χ1v) is 7.10. The molecule has 1 amide bonds. The largest absolute Gasteiger partial charge is 0.444 e. The molecule has 1 aliphatic carbocycles. The summed E-state index contributed by atoms with van der Waals surface area (Å²) < 4.78 is 5.26. The van der Waals surface area contributed by atoms with Gasteiger partial charge in [0.2, 0.25) is 0 Å². The van der Waals surface area contributed by atoms with Gasteiger partial charge >= 0.3 is 6.09 Å². The molecule has 1 saturated carbocycles. The first kappa shape index (κ1) is 16.6. The Morgan fingerprint density at radius 3 is 2.30 bits per heavy atom. The number of nitrogens with zero attached hydrogens (tertiary/aromatic N) is 1. The number of alkyl carbamates (subject to hydrolysis) is 1. The van der Waals surface area contributed by atoms with Gasteiger partial charge in [0, 0.05) is 19.6 Å². The Bertz CT molecular complexity index is 368. The Kier molecular flexibility index (Phi) is 5.25. The average Bonchev–Trinajstić information content (AvgIpc) is 3.04. The number of hydrogen-bond acceptors (Lipinski definition) is 3. The van der Waals surface area contributed by atoms with Crippen molar-refractivity contribution in [3.63, 3.8) is 0 Å². The number of ether oxygens (including phenoxy) is 1. The topological polar surface area (TPSA) is 74.8 Å². The smallest absolute Gasteiger partial charge is 0.408 e. The van der Waals surface area contributed by atoms with E-state index >= 15 is 0 Å². The molecule has 0 spiro atoms. The van der Waals surface area contributed by atoms with Crippen LogP contribution in [0.5, 0.6) is 0 Å². The molecule has 1 fully saturated rings. The van der Waals surface area contributed by atoms with Crippen molar-refractivity contribution < 1.29 is 9.53 Å². The summed E-state index contributed by atoms with van der Waals surface area (Å²) in [5, 5.41) is 9.37. The molecule has 0 aromatic rings. The summed E-state index contributed by atoms with van der Waals surface area (Å²) in [4.78, 5) is 15.9. The van der Waals surface area contributed by atoms with Crippen LogP contribution >= 0.6 is 0 Å². The first-order chi connectivity index (χ1) is 9.11. The van der Waals surface area contributed by atoms with E-state index in [1.807, 2.05) is 34.6 Å². The van der Waals surface area contributed by atoms with Crippen LogP contribution in [0.1, 0.15) is 47.5 Å². The van der Waals surface area contributed by atoms with Crippen LogP contribution in [0.4, 0.5) is 4.79 Å². The van der Waals surface area contributed by atoms with E-state index in [1.54, 1.807) is 7.05 Å². The van der Waals surface area contributed by atoms with E-state index < -0.39 is 17.2 Å². The zero-order valence-corrected chi connectivity index (χ0v) is 13.5. The maximum absolute atomic E-state index is 11.8. The van der Waals surface area contributed by atoms with E-state index in [-0.39, 0.29) is 0 Å². The van der Waals surface area contributed by atoms with Crippen molar-refractivity contribution >= 4 is 12.1 Å². The van der Waals surface area contributed by atoms with Crippen molar-refractivity contribution in [1.29, 1.82) is 0 Å². The second kappa shape index (κ2) is 6.33. The van der Waals surface area contributed by atoms with Crippen LogP contribution in [0.3, 0.4) is 0 Å².